The van der Waals surface area contributed by atoms with Crippen molar-refractivity contribution in [1.82, 2.24) is 4.98 Å². The van der Waals surface area contributed by atoms with Crippen LogP contribution in [-0.2, 0) is 14.6 Å². The number of nitrogens with two attached hydrogens (primary N) is 1. The van der Waals surface area contributed by atoms with Gasteiger partial charge in [-0.25, -0.2) is 17.8 Å². The molecule has 0 unspecified atom stereocenters. The Balaban J connectivity index is 2.16. The fraction of sp³-hybridized carbons (Fsp3) is 0.0769. The first-order chi connectivity index (χ1) is 9.90. The van der Waals surface area contributed by atoms with E-state index in [9.17, 15) is 17.6 Å². The predicted molar refractivity (Wildman–Crippen MR) is 75.7 cm³/mol. The van der Waals surface area contributed by atoms with Crippen LogP contribution in [0.4, 0.5) is 15.8 Å². The molecule has 1 heterocycles. The molecule has 21 heavy (non-hydrogen) atoms. The number of nitrogens with zero attached hydrogens (tertiary/aromatic N) is 1. The van der Waals surface area contributed by atoms with Crippen LogP contribution >= 0.6 is 0 Å². The molecule has 2 rings (SSSR count). The lowest BCUT2D eigenvalue weighted by atomic mass is 10.3. The van der Waals surface area contributed by atoms with Gasteiger partial charge in [-0.05, 0) is 24.3 Å². The molecule has 0 aliphatic heterocycles. The van der Waals surface area contributed by atoms with Crippen molar-refractivity contribution in [1.29, 1.82) is 0 Å². The SMILES string of the molecule is Nc1cccnc1S(=O)(=O)CC(=O)Nc1ccccc1F. The van der Waals surface area contributed by atoms with E-state index in [4.69, 9.17) is 5.73 Å². The van der Waals surface area contributed by atoms with Crippen molar-refractivity contribution >= 4 is 27.1 Å². The van der Waals surface area contributed by atoms with Gasteiger partial charge in [0.25, 0.3) is 0 Å². The van der Waals surface area contributed by atoms with Crippen LogP contribution in [0.1, 0.15) is 0 Å². The molecule has 1 amide bonds. The van der Waals surface area contributed by atoms with Crippen LogP contribution < -0.4 is 11.1 Å². The van der Waals surface area contributed by atoms with Crippen LogP contribution in [0.3, 0.4) is 0 Å². The Kier molecular flexibility index (Phi) is 4.18. The Morgan fingerprint density at radius 3 is 2.62 bits per heavy atom. The summed E-state index contributed by atoms with van der Waals surface area (Å²) in [5, 5.41) is 1.83. The van der Waals surface area contributed by atoms with Crippen molar-refractivity contribution in [2.24, 2.45) is 0 Å². The van der Waals surface area contributed by atoms with Gasteiger partial charge in [0.2, 0.25) is 15.7 Å². The fourth-order valence-electron chi connectivity index (χ4n) is 1.65. The quantitative estimate of drug-likeness (QED) is 0.884. The second-order valence-electron chi connectivity index (χ2n) is 4.18. The van der Waals surface area contributed by atoms with Gasteiger partial charge in [-0.1, -0.05) is 12.1 Å². The van der Waals surface area contributed by atoms with Gasteiger partial charge in [0.1, 0.15) is 11.6 Å². The van der Waals surface area contributed by atoms with Gasteiger partial charge in [-0.2, -0.15) is 0 Å². The summed E-state index contributed by atoms with van der Waals surface area (Å²) < 4.78 is 37.5. The number of para-hydroxylation sites is 1. The number of hydrogen-bond donors (Lipinski definition) is 2. The van der Waals surface area contributed by atoms with Crippen LogP contribution in [-0.4, -0.2) is 25.1 Å². The number of anilines is 2. The number of nitrogens with one attached hydrogen (secondary N) is 1. The molecule has 0 atom stereocenters. The summed E-state index contributed by atoms with van der Waals surface area (Å²) in [4.78, 5) is 15.4. The summed E-state index contributed by atoms with van der Waals surface area (Å²) in [6.45, 7) is 0. The fourth-order valence-corrected chi connectivity index (χ4v) is 2.86. The number of amides is 1. The minimum Gasteiger partial charge on any atom is -0.396 e. The van der Waals surface area contributed by atoms with Crippen LogP contribution in [0.2, 0.25) is 0 Å². The molecule has 0 radical (unpaired) electrons. The number of pyridine rings is 1. The number of nitrogen functional groups attached to an aromatic ring is 1. The molecule has 0 aliphatic carbocycles. The lowest BCUT2D eigenvalue weighted by Gasteiger charge is -2.08. The lowest BCUT2D eigenvalue weighted by Crippen LogP contribution is -2.24. The number of rotatable bonds is 4. The third-order valence-electron chi connectivity index (χ3n) is 2.56. The van der Waals surface area contributed by atoms with E-state index >= 15 is 0 Å². The van der Waals surface area contributed by atoms with E-state index in [1.54, 1.807) is 0 Å². The van der Waals surface area contributed by atoms with E-state index in [1.165, 1.54) is 36.5 Å². The van der Waals surface area contributed by atoms with E-state index in [-0.39, 0.29) is 16.4 Å². The van der Waals surface area contributed by atoms with E-state index in [0.29, 0.717) is 0 Å². The highest BCUT2D eigenvalue weighted by molar-refractivity contribution is 7.92. The summed E-state index contributed by atoms with van der Waals surface area (Å²) in [7, 11) is -3.99. The first-order valence-electron chi connectivity index (χ1n) is 5.88. The summed E-state index contributed by atoms with van der Waals surface area (Å²) in [6.07, 6.45) is 1.26. The highest BCUT2D eigenvalue weighted by Crippen LogP contribution is 2.17. The van der Waals surface area contributed by atoms with E-state index in [2.05, 4.69) is 10.3 Å². The molecule has 110 valence electrons. The number of carbonyl (C=O) groups is 1. The highest BCUT2D eigenvalue weighted by Gasteiger charge is 2.23. The molecule has 0 bridgehead atoms. The predicted octanol–water partition coefficient (Wildman–Crippen LogP) is 1.22. The molecule has 0 saturated carbocycles. The number of sulfone groups is 1. The number of aromatic nitrogens is 1. The summed E-state index contributed by atoms with van der Waals surface area (Å²) in [5.74, 6) is -2.39. The minimum absolute atomic E-state index is 0.0452. The molecule has 6 nitrogen and oxygen atoms in total. The Morgan fingerprint density at radius 1 is 1.24 bits per heavy atom. The minimum atomic E-state index is -3.99. The average molecular weight is 309 g/mol. The second-order valence-corrected chi connectivity index (χ2v) is 6.09. The van der Waals surface area contributed by atoms with Crippen molar-refractivity contribution in [2.45, 2.75) is 5.03 Å². The zero-order valence-corrected chi connectivity index (χ0v) is 11.6. The van der Waals surface area contributed by atoms with Gasteiger partial charge < -0.3 is 11.1 Å². The molecule has 8 heteroatoms. The topological polar surface area (TPSA) is 102 Å². The highest BCUT2D eigenvalue weighted by atomic mass is 32.2. The third kappa shape index (κ3) is 3.54. The number of halogens is 1. The molecule has 1 aromatic carbocycles. The Hall–Kier alpha value is -2.48. The van der Waals surface area contributed by atoms with Gasteiger partial charge in [0.15, 0.2) is 5.03 Å². The van der Waals surface area contributed by atoms with Gasteiger partial charge in [0.05, 0.1) is 11.4 Å². The Morgan fingerprint density at radius 2 is 1.95 bits per heavy atom. The number of carbonyl (C=O) groups excluding carboxylic acids is 1. The maximum absolute atomic E-state index is 13.4. The third-order valence-corrected chi connectivity index (χ3v) is 4.14. The second kappa shape index (κ2) is 5.88. The first-order valence-corrected chi connectivity index (χ1v) is 7.53. The molecule has 0 saturated heterocycles. The van der Waals surface area contributed by atoms with Crippen molar-refractivity contribution in [3.05, 3.63) is 48.4 Å². The first kappa shape index (κ1) is 14.9. The summed E-state index contributed by atoms with van der Waals surface area (Å²) in [6, 6.07) is 8.30. The Labute approximate surface area is 120 Å². The van der Waals surface area contributed by atoms with Gasteiger partial charge in [-0.3, -0.25) is 4.79 Å². The largest absolute Gasteiger partial charge is 0.396 e. The van der Waals surface area contributed by atoms with E-state index in [1.807, 2.05) is 0 Å². The van der Waals surface area contributed by atoms with Crippen LogP contribution in [0.5, 0.6) is 0 Å². The van der Waals surface area contributed by atoms with Gasteiger partial charge in [0, 0.05) is 6.20 Å². The number of hydrogen-bond acceptors (Lipinski definition) is 5. The van der Waals surface area contributed by atoms with Crippen molar-refractivity contribution < 1.29 is 17.6 Å². The van der Waals surface area contributed by atoms with Crippen molar-refractivity contribution in [2.75, 3.05) is 16.8 Å². The lowest BCUT2D eigenvalue weighted by molar-refractivity contribution is -0.113. The average Bonchev–Trinajstić information content (AvgIpc) is 2.41. The molecule has 0 spiro atoms. The van der Waals surface area contributed by atoms with Crippen LogP contribution in [0, 0.1) is 5.82 Å². The van der Waals surface area contributed by atoms with E-state index in [0.717, 1.165) is 6.07 Å². The molecule has 2 aromatic rings. The van der Waals surface area contributed by atoms with Crippen molar-refractivity contribution in [3.8, 4) is 0 Å². The van der Waals surface area contributed by atoms with Crippen LogP contribution in [0.25, 0.3) is 0 Å². The van der Waals surface area contributed by atoms with Crippen molar-refractivity contribution in [3.63, 3.8) is 0 Å². The van der Waals surface area contributed by atoms with E-state index < -0.39 is 27.3 Å². The maximum Gasteiger partial charge on any atom is 0.240 e. The standard InChI is InChI=1S/C13H12FN3O3S/c14-9-4-1-2-6-11(9)17-12(18)8-21(19,20)13-10(15)5-3-7-16-13/h1-7H,8,15H2,(H,17,18). The molecule has 1 aromatic heterocycles. The number of benzene rings is 1. The summed E-state index contributed by atoms with van der Waals surface area (Å²) >= 11 is 0. The normalized spacial score (nSPS) is 11.1. The molecular weight excluding hydrogens is 297 g/mol. The molecule has 0 fully saturated rings. The summed E-state index contributed by atoms with van der Waals surface area (Å²) in [5.41, 5.74) is 5.39. The van der Waals surface area contributed by atoms with Gasteiger partial charge >= 0.3 is 0 Å². The monoisotopic (exact) mass is 309 g/mol. The molecular formula is C13H12FN3O3S. The maximum atomic E-state index is 13.4. The Bertz CT molecular complexity index is 778. The zero-order valence-electron chi connectivity index (χ0n) is 10.8. The zero-order chi connectivity index (χ0) is 15.5. The molecule has 0 aliphatic rings. The smallest absolute Gasteiger partial charge is 0.240 e. The van der Waals surface area contributed by atoms with Crippen LogP contribution in [0.15, 0.2) is 47.6 Å². The molecule has 3 N–H and O–H groups in total. The van der Waals surface area contributed by atoms with Gasteiger partial charge in [-0.15, -0.1) is 0 Å².